The van der Waals surface area contributed by atoms with Crippen LogP contribution in [-0.4, -0.2) is 27.5 Å². The highest BCUT2D eigenvalue weighted by atomic mass is 19.4. The van der Waals surface area contributed by atoms with Crippen LogP contribution in [0.2, 0.25) is 0 Å². The zero-order valence-corrected chi connectivity index (χ0v) is 14.2. The van der Waals surface area contributed by atoms with E-state index in [0.717, 1.165) is 17.6 Å². The number of benzene rings is 2. The SMILES string of the molecule is COc1cc(C(F)(F)F)ccc1-c1ccc2c(c1)ncn2CC(C)(N)O. The maximum absolute atomic E-state index is 12.9. The summed E-state index contributed by atoms with van der Waals surface area (Å²) in [6.07, 6.45) is -2.88. The lowest BCUT2D eigenvalue weighted by atomic mass is 10.0. The molecule has 1 unspecified atom stereocenters. The molecule has 3 aromatic rings. The van der Waals surface area contributed by atoms with E-state index in [9.17, 15) is 18.3 Å². The smallest absolute Gasteiger partial charge is 0.416 e. The van der Waals surface area contributed by atoms with Gasteiger partial charge in [0.2, 0.25) is 0 Å². The molecule has 1 heterocycles. The van der Waals surface area contributed by atoms with Gasteiger partial charge in [-0.1, -0.05) is 12.1 Å². The van der Waals surface area contributed by atoms with Crippen molar-refractivity contribution in [1.29, 1.82) is 0 Å². The summed E-state index contributed by atoms with van der Waals surface area (Å²) in [6.45, 7) is 1.65. The van der Waals surface area contributed by atoms with E-state index in [4.69, 9.17) is 10.5 Å². The number of nitrogens with two attached hydrogens (primary N) is 1. The highest BCUT2D eigenvalue weighted by Gasteiger charge is 2.31. The first kappa shape index (κ1) is 18.2. The summed E-state index contributed by atoms with van der Waals surface area (Å²) in [4.78, 5) is 4.28. The minimum absolute atomic E-state index is 0.128. The lowest BCUT2D eigenvalue weighted by Crippen LogP contribution is -2.40. The van der Waals surface area contributed by atoms with Gasteiger partial charge in [-0.2, -0.15) is 13.2 Å². The van der Waals surface area contributed by atoms with Gasteiger partial charge in [0.25, 0.3) is 0 Å². The summed E-state index contributed by atoms with van der Waals surface area (Å²) < 4.78 is 45.5. The third-order valence-corrected chi connectivity index (χ3v) is 3.95. The van der Waals surface area contributed by atoms with Crippen LogP contribution in [-0.2, 0) is 12.7 Å². The van der Waals surface area contributed by atoms with Crippen molar-refractivity contribution >= 4 is 11.0 Å². The predicted octanol–water partition coefficient (Wildman–Crippen LogP) is 3.40. The number of nitrogens with zero attached hydrogens (tertiary/aromatic N) is 2. The molecule has 26 heavy (non-hydrogen) atoms. The van der Waals surface area contributed by atoms with Gasteiger partial charge in [-0.15, -0.1) is 0 Å². The quantitative estimate of drug-likeness (QED) is 0.695. The molecule has 0 radical (unpaired) electrons. The first-order valence-electron chi connectivity index (χ1n) is 7.80. The van der Waals surface area contributed by atoms with E-state index in [1.807, 2.05) is 0 Å². The fourth-order valence-electron chi connectivity index (χ4n) is 2.81. The van der Waals surface area contributed by atoms with Crippen LogP contribution in [0.1, 0.15) is 12.5 Å². The molecule has 8 heteroatoms. The first-order chi connectivity index (χ1) is 12.1. The second-order valence-corrected chi connectivity index (χ2v) is 6.35. The van der Waals surface area contributed by atoms with Crippen molar-refractivity contribution < 1.29 is 23.0 Å². The molecule has 138 valence electrons. The molecule has 1 atom stereocenters. The van der Waals surface area contributed by atoms with Crippen LogP contribution >= 0.6 is 0 Å². The molecule has 0 aliphatic carbocycles. The Morgan fingerprint density at radius 1 is 1.19 bits per heavy atom. The molecule has 0 bridgehead atoms. The van der Waals surface area contributed by atoms with Crippen LogP contribution in [0.3, 0.4) is 0 Å². The summed E-state index contributed by atoms with van der Waals surface area (Å²) >= 11 is 0. The van der Waals surface area contributed by atoms with Gasteiger partial charge in [-0.3, -0.25) is 0 Å². The Balaban J connectivity index is 2.03. The molecule has 0 saturated heterocycles. The third kappa shape index (κ3) is 3.66. The summed E-state index contributed by atoms with van der Waals surface area (Å²) in [5, 5.41) is 9.76. The molecule has 0 fully saturated rings. The molecule has 3 N–H and O–H groups in total. The molecule has 0 saturated carbocycles. The maximum atomic E-state index is 12.9. The Labute approximate surface area is 147 Å². The van der Waals surface area contributed by atoms with E-state index in [2.05, 4.69) is 4.98 Å². The third-order valence-electron chi connectivity index (χ3n) is 3.95. The lowest BCUT2D eigenvalue weighted by Gasteiger charge is -2.18. The van der Waals surface area contributed by atoms with Gasteiger partial charge in [0.15, 0.2) is 0 Å². The van der Waals surface area contributed by atoms with Gasteiger partial charge in [-0.05, 0) is 36.8 Å². The van der Waals surface area contributed by atoms with E-state index >= 15 is 0 Å². The number of ether oxygens (including phenoxy) is 1. The average Bonchev–Trinajstić information content (AvgIpc) is 2.93. The molecule has 0 amide bonds. The zero-order chi connectivity index (χ0) is 19.1. The number of imidazole rings is 1. The lowest BCUT2D eigenvalue weighted by molar-refractivity contribution is -0.137. The number of rotatable bonds is 4. The minimum atomic E-state index is -4.44. The molecule has 5 nitrogen and oxygen atoms in total. The number of methoxy groups -OCH3 is 1. The van der Waals surface area contributed by atoms with Crippen LogP contribution in [0.25, 0.3) is 22.2 Å². The highest BCUT2D eigenvalue weighted by molar-refractivity contribution is 5.84. The molecule has 0 aliphatic heterocycles. The fraction of sp³-hybridized carbons (Fsp3) is 0.278. The van der Waals surface area contributed by atoms with E-state index in [1.54, 1.807) is 29.1 Å². The van der Waals surface area contributed by atoms with Gasteiger partial charge < -0.3 is 20.1 Å². The van der Waals surface area contributed by atoms with Crippen molar-refractivity contribution in [2.24, 2.45) is 5.73 Å². The normalized spacial score (nSPS) is 14.4. The van der Waals surface area contributed by atoms with Crippen molar-refractivity contribution in [3.63, 3.8) is 0 Å². The van der Waals surface area contributed by atoms with E-state index in [0.29, 0.717) is 16.6 Å². The van der Waals surface area contributed by atoms with Gasteiger partial charge in [0.1, 0.15) is 11.5 Å². The average molecular weight is 365 g/mol. The van der Waals surface area contributed by atoms with Gasteiger partial charge >= 0.3 is 6.18 Å². The Morgan fingerprint density at radius 3 is 2.54 bits per heavy atom. The van der Waals surface area contributed by atoms with Gasteiger partial charge in [-0.25, -0.2) is 4.98 Å². The van der Waals surface area contributed by atoms with E-state index in [1.165, 1.54) is 20.1 Å². The highest BCUT2D eigenvalue weighted by Crippen LogP contribution is 2.37. The van der Waals surface area contributed by atoms with Crippen LogP contribution in [0, 0.1) is 0 Å². The summed E-state index contributed by atoms with van der Waals surface area (Å²) in [6, 6.07) is 8.67. The first-order valence-corrected chi connectivity index (χ1v) is 7.80. The Kier molecular flexibility index (Phi) is 4.41. The molecule has 3 rings (SSSR count). The summed E-state index contributed by atoms with van der Waals surface area (Å²) in [5.74, 6) is 0.128. The maximum Gasteiger partial charge on any atom is 0.416 e. The Bertz CT molecular complexity index is 943. The monoisotopic (exact) mass is 365 g/mol. The van der Waals surface area contributed by atoms with Crippen LogP contribution < -0.4 is 10.5 Å². The largest absolute Gasteiger partial charge is 0.496 e. The van der Waals surface area contributed by atoms with Crippen molar-refractivity contribution in [2.75, 3.05) is 7.11 Å². The van der Waals surface area contributed by atoms with Crippen LogP contribution in [0.4, 0.5) is 13.2 Å². The topological polar surface area (TPSA) is 73.3 Å². The predicted molar refractivity (Wildman–Crippen MR) is 91.5 cm³/mol. The molecule has 2 aromatic carbocycles. The molecule has 1 aromatic heterocycles. The second-order valence-electron chi connectivity index (χ2n) is 6.35. The van der Waals surface area contributed by atoms with Gasteiger partial charge in [0, 0.05) is 5.56 Å². The number of fused-ring (bicyclic) bond motifs is 1. The van der Waals surface area contributed by atoms with Crippen molar-refractivity contribution in [2.45, 2.75) is 25.4 Å². The number of halogens is 3. The Hall–Kier alpha value is -2.58. The van der Waals surface area contributed by atoms with Crippen molar-refractivity contribution in [3.8, 4) is 16.9 Å². The number of aromatic nitrogens is 2. The van der Waals surface area contributed by atoms with Crippen LogP contribution in [0.15, 0.2) is 42.7 Å². The second kappa shape index (κ2) is 6.30. The van der Waals surface area contributed by atoms with Crippen molar-refractivity contribution in [3.05, 3.63) is 48.3 Å². The number of alkyl halides is 3. The molecular weight excluding hydrogens is 347 g/mol. The zero-order valence-electron chi connectivity index (χ0n) is 14.2. The number of hydrogen-bond donors (Lipinski definition) is 2. The Morgan fingerprint density at radius 2 is 1.92 bits per heavy atom. The summed E-state index contributed by atoms with van der Waals surface area (Å²) in [5.41, 5.74) is 6.06. The minimum Gasteiger partial charge on any atom is -0.496 e. The fourth-order valence-corrected chi connectivity index (χ4v) is 2.81. The van der Waals surface area contributed by atoms with E-state index in [-0.39, 0.29) is 12.3 Å². The number of hydrogen-bond acceptors (Lipinski definition) is 4. The van der Waals surface area contributed by atoms with Crippen molar-refractivity contribution in [1.82, 2.24) is 9.55 Å². The van der Waals surface area contributed by atoms with E-state index < -0.39 is 17.5 Å². The summed E-state index contributed by atoms with van der Waals surface area (Å²) in [7, 11) is 1.33. The van der Waals surface area contributed by atoms with Gasteiger partial charge in [0.05, 0.1) is 36.6 Å². The molecule has 0 spiro atoms. The van der Waals surface area contributed by atoms with Crippen LogP contribution in [0.5, 0.6) is 5.75 Å². The number of aliphatic hydroxyl groups is 1. The molecule has 0 aliphatic rings. The standard InChI is InChI=1S/C18H18F3N3O2/c1-17(22,25)9-24-10-23-14-7-11(3-6-15(14)24)13-5-4-12(18(19,20)21)8-16(13)26-2/h3-8,10,25H,9,22H2,1-2H3. The molecular formula is C18H18F3N3O2.